The largest absolute Gasteiger partial charge is 0.323 e. The van der Waals surface area contributed by atoms with E-state index in [1.165, 1.54) is 10.6 Å². The standard InChI is InChI=1S/C16H20N4O3S/c1-24(22,23)20-10-8-19(9-11-20)12-15(21)18-14-6-2-4-13-5-3-7-17-16(13)14/h2-7H,8-12H2,1H3,(H,18,21). The summed E-state index contributed by atoms with van der Waals surface area (Å²) in [6, 6.07) is 9.46. The zero-order valence-corrected chi connectivity index (χ0v) is 14.3. The van der Waals surface area contributed by atoms with Crippen molar-refractivity contribution in [1.29, 1.82) is 0 Å². The molecule has 7 nitrogen and oxygen atoms in total. The van der Waals surface area contributed by atoms with Crippen molar-refractivity contribution >= 4 is 32.5 Å². The van der Waals surface area contributed by atoms with Gasteiger partial charge >= 0.3 is 0 Å². The van der Waals surface area contributed by atoms with Crippen molar-refractivity contribution in [2.24, 2.45) is 0 Å². The van der Waals surface area contributed by atoms with Gasteiger partial charge in [0.15, 0.2) is 0 Å². The maximum Gasteiger partial charge on any atom is 0.238 e. The summed E-state index contributed by atoms with van der Waals surface area (Å²) < 4.78 is 24.4. The van der Waals surface area contributed by atoms with Crippen LogP contribution in [0.2, 0.25) is 0 Å². The summed E-state index contributed by atoms with van der Waals surface area (Å²) in [5.74, 6) is -0.124. The molecule has 128 valence electrons. The number of fused-ring (bicyclic) bond motifs is 1. The Hall–Kier alpha value is -2.03. The fourth-order valence-corrected chi connectivity index (χ4v) is 3.64. The van der Waals surface area contributed by atoms with Gasteiger partial charge in [-0.15, -0.1) is 0 Å². The van der Waals surface area contributed by atoms with Gasteiger partial charge in [0.2, 0.25) is 15.9 Å². The quantitative estimate of drug-likeness (QED) is 0.882. The molecule has 24 heavy (non-hydrogen) atoms. The van der Waals surface area contributed by atoms with Crippen LogP contribution in [0.15, 0.2) is 36.5 Å². The molecule has 1 N–H and O–H groups in total. The van der Waals surface area contributed by atoms with Crippen LogP contribution in [0.4, 0.5) is 5.69 Å². The van der Waals surface area contributed by atoms with Crippen LogP contribution in [-0.4, -0.2) is 67.5 Å². The first-order chi connectivity index (χ1) is 11.4. The number of rotatable bonds is 4. The first kappa shape index (κ1) is 16.8. The number of nitrogens with one attached hydrogen (secondary N) is 1. The van der Waals surface area contributed by atoms with Gasteiger partial charge in [0.1, 0.15) is 0 Å². The minimum absolute atomic E-state index is 0.124. The Balaban J connectivity index is 1.60. The number of benzene rings is 1. The van der Waals surface area contributed by atoms with Gasteiger partial charge in [-0.1, -0.05) is 18.2 Å². The minimum Gasteiger partial charge on any atom is -0.323 e. The summed E-state index contributed by atoms with van der Waals surface area (Å²) in [5, 5.41) is 3.87. The predicted molar refractivity (Wildman–Crippen MR) is 93.2 cm³/mol. The lowest BCUT2D eigenvalue weighted by Gasteiger charge is -2.32. The van der Waals surface area contributed by atoms with Gasteiger partial charge in [-0.25, -0.2) is 8.42 Å². The molecule has 0 radical (unpaired) electrons. The lowest BCUT2D eigenvalue weighted by atomic mass is 10.2. The topological polar surface area (TPSA) is 82.6 Å². The first-order valence-corrected chi connectivity index (χ1v) is 9.59. The van der Waals surface area contributed by atoms with Crippen molar-refractivity contribution in [3.05, 3.63) is 36.5 Å². The number of pyridine rings is 1. The van der Waals surface area contributed by atoms with E-state index in [0.717, 1.165) is 10.9 Å². The second kappa shape index (κ2) is 6.84. The molecule has 8 heteroatoms. The van der Waals surface area contributed by atoms with Gasteiger partial charge < -0.3 is 5.32 Å². The summed E-state index contributed by atoms with van der Waals surface area (Å²) in [6.45, 7) is 2.17. The number of anilines is 1. The fraction of sp³-hybridized carbons (Fsp3) is 0.375. The molecule has 0 aliphatic carbocycles. The highest BCUT2D eigenvalue weighted by molar-refractivity contribution is 7.88. The molecule has 1 aromatic heterocycles. The second-order valence-corrected chi connectivity index (χ2v) is 7.85. The van der Waals surface area contributed by atoms with Crippen LogP contribution in [-0.2, 0) is 14.8 Å². The van der Waals surface area contributed by atoms with Crippen molar-refractivity contribution in [2.45, 2.75) is 0 Å². The molecule has 1 aliphatic heterocycles. The Morgan fingerprint density at radius 3 is 2.58 bits per heavy atom. The third-order valence-corrected chi connectivity index (χ3v) is 5.38. The van der Waals surface area contributed by atoms with Gasteiger partial charge in [0.05, 0.1) is 24.0 Å². The number of piperazine rings is 1. The van der Waals surface area contributed by atoms with Crippen LogP contribution in [0.3, 0.4) is 0 Å². The number of carbonyl (C=O) groups excluding carboxylic acids is 1. The Labute approximate surface area is 141 Å². The monoisotopic (exact) mass is 348 g/mol. The number of hydrogen-bond acceptors (Lipinski definition) is 5. The van der Waals surface area contributed by atoms with E-state index in [1.54, 1.807) is 6.20 Å². The average Bonchev–Trinajstić information content (AvgIpc) is 2.55. The van der Waals surface area contributed by atoms with Gasteiger partial charge in [-0.2, -0.15) is 4.31 Å². The lowest BCUT2D eigenvalue weighted by Crippen LogP contribution is -2.50. The van der Waals surface area contributed by atoms with Crippen LogP contribution in [0.25, 0.3) is 10.9 Å². The highest BCUT2D eigenvalue weighted by atomic mass is 32.2. The highest BCUT2D eigenvalue weighted by Crippen LogP contribution is 2.20. The maximum absolute atomic E-state index is 12.3. The van der Waals surface area contributed by atoms with Crippen LogP contribution >= 0.6 is 0 Å². The lowest BCUT2D eigenvalue weighted by molar-refractivity contribution is -0.117. The Morgan fingerprint density at radius 2 is 1.88 bits per heavy atom. The Bertz CT molecular complexity index is 840. The summed E-state index contributed by atoms with van der Waals surface area (Å²) in [7, 11) is -3.15. The number of carbonyl (C=O) groups is 1. The molecule has 1 saturated heterocycles. The van der Waals surface area contributed by atoms with E-state index < -0.39 is 10.0 Å². The maximum atomic E-state index is 12.3. The summed E-state index contributed by atoms with van der Waals surface area (Å²) in [4.78, 5) is 18.6. The molecule has 0 unspecified atom stereocenters. The smallest absolute Gasteiger partial charge is 0.238 e. The molecular weight excluding hydrogens is 328 g/mol. The molecule has 0 saturated carbocycles. The van der Waals surface area contributed by atoms with E-state index in [4.69, 9.17) is 0 Å². The van der Waals surface area contributed by atoms with E-state index in [9.17, 15) is 13.2 Å². The molecule has 0 bridgehead atoms. The number of aromatic nitrogens is 1. The van der Waals surface area contributed by atoms with Crippen LogP contribution in [0, 0.1) is 0 Å². The average molecular weight is 348 g/mol. The highest BCUT2D eigenvalue weighted by Gasteiger charge is 2.24. The van der Waals surface area contributed by atoms with Crippen molar-refractivity contribution in [3.63, 3.8) is 0 Å². The molecule has 2 heterocycles. The van der Waals surface area contributed by atoms with Gasteiger partial charge in [-0.3, -0.25) is 14.7 Å². The van der Waals surface area contributed by atoms with Crippen molar-refractivity contribution in [2.75, 3.05) is 44.3 Å². The SMILES string of the molecule is CS(=O)(=O)N1CCN(CC(=O)Nc2cccc3cccnc23)CC1. The molecule has 1 amide bonds. The number of hydrogen-bond donors (Lipinski definition) is 1. The molecule has 1 fully saturated rings. The van der Waals surface area contributed by atoms with Gasteiger partial charge in [0, 0.05) is 37.8 Å². The Kier molecular flexibility index (Phi) is 4.79. The van der Waals surface area contributed by atoms with Crippen molar-refractivity contribution in [1.82, 2.24) is 14.2 Å². The number of sulfonamides is 1. The summed E-state index contributed by atoms with van der Waals surface area (Å²) in [5.41, 5.74) is 1.45. The summed E-state index contributed by atoms with van der Waals surface area (Å²) in [6.07, 6.45) is 2.91. The molecule has 1 aromatic carbocycles. The van der Waals surface area contributed by atoms with Gasteiger partial charge in [-0.05, 0) is 12.1 Å². The molecule has 1 aliphatic rings. The van der Waals surface area contributed by atoms with Gasteiger partial charge in [0.25, 0.3) is 0 Å². The van der Waals surface area contributed by atoms with Crippen LogP contribution < -0.4 is 5.32 Å². The summed E-state index contributed by atoms with van der Waals surface area (Å²) >= 11 is 0. The van der Waals surface area contributed by atoms with E-state index in [1.807, 2.05) is 35.2 Å². The minimum atomic E-state index is -3.15. The van der Waals surface area contributed by atoms with E-state index in [-0.39, 0.29) is 12.5 Å². The molecule has 2 aromatic rings. The van der Waals surface area contributed by atoms with E-state index >= 15 is 0 Å². The van der Waals surface area contributed by atoms with Crippen molar-refractivity contribution in [3.8, 4) is 0 Å². The molecule has 0 atom stereocenters. The third-order valence-electron chi connectivity index (χ3n) is 4.07. The van der Waals surface area contributed by atoms with Crippen molar-refractivity contribution < 1.29 is 13.2 Å². The molecule has 0 spiro atoms. The number of nitrogens with zero attached hydrogens (tertiary/aromatic N) is 3. The Morgan fingerprint density at radius 1 is 1.17 bits per heavy atom. The van der Waals surface area contributed by atoms with Crippen LogP contribution in [0.1, 0.15) is 0 Å². The zero-order valence-electron chi connectivity index (χ0n) is 13.5. The number of amides is 1. The first-order valence-electron chi connectivity index (χ1n) is 7.74. The normalized spacial score (nSPS) is 17.0. The zero-order chi connectivity index (χ0) is 17.2. The van der Waals surface area contributed by atoms with Crippen LogP contribution in [0.5, 0.6) is 0 Å². The molecular formula is C16H20N4O3S. The fourth-order valence-electron chi connectivity index (χ4n) is 2.82. The second-order valence-electron chi connectivity index (χ2n) is 5.87. The van der Waals surface area contributed by atoms with E-state index in [2.05, 4.69) is 10.3 Å². The predicted octanol–water partition coefficient (Wildman–Crippen LogP) is 0.750. The third kappa shape index (κ3) is 3.89. The van der Waals surface area contributed by atoms with E-state index in [0.29, 0.717) is 31.9 Å². The number of para-hydroxylation sites is 1. The molecule has 3 rings (SSSR count).